The number of hydrogen-bond donors (Lipinski definition) is 1. The summed E-state index contributed by atoms with van der Waals surface area (Å²) in [6, 6.07) is 0.704. The van der Waals surface area contributed by atoms with Gasteiger partial charge in [-0.15, -0.1) is 0 Å². The molecule has 2 fully saturated rings. The quantitative estimate of drug-likeness (QED) is 0.706. The number of rotatable bonds is 7. The maximum absolute atomic E-state index is 5.96. The molecule has 0 aromatic heterocycles. The molecule has 2 aliphatic rings. The highest BCUT2D eigenvalue weighted by molar-refractivity contribution is 4.95. The Kier molecular flexibility index (Phi) is 5.46. The monoisotopic (exact) mass is 254 g/mol. The van der Waals surface area contributed by atoms with Gasteiger partial charge in [0.15, 0.2) is 0 Å². The smallest absolute Gasteiger partial charge is 0.0697 e. The lowest BCUT2D eigenvalue weighted by Gasteiger charge is -2.47. The largest absolute Gasteiger partial charge is 0.375 e. The van der Waals surface area contributed by atoms with Gasteiger partial charge in [0.05, 0.1) is 5.60 Å². The second-order valence-corrected chi connectivity index (χ2v) is 5.91. The summed E-state index contributed by atoms with van der Waals surface area (Å²) in [5.74, 6) is 0. The summed E-state index contributed by atoms with van der Waals surface area (Å²) in [4.78, 5) is 2.50. The molecule has 1 spiro atoms. The first-order chi connectivity index (χ1) is 8.78. The minimum Gasteiger partial charge on any atom is -0.375 e. The van der Waals surface area contributed by atoms with E-state index in [1.807, 2.05) is 0 Å². The van der Waals surface area contributed by atoms with Gasteiger partial charge in [-0.25, -0.2) is 0 Å². The number of nitrogens with zero attached hydrogens (tertiary/aromatic N) is 1. The normalized spacial score (nSPS) is 26.5. The molecule has 1 heterocycles. The predicted octanol–water partition coefficient (Wildman–Crippen LogP) is 2.41. The van der Waals surface area contributed by atoms with E-state index in [0.717, 1.165) is 13.2 Å². The Bertz CT molecular complexity index is 237. The fraction of sp³-hybridized carbons (Fsp3) is 1.00. The Balaban J connectivity index is 1.58. The van der Waals surface area contributed by atoms with Crippen LogP contribution in [0.4, 0.5) is 0 Å². The number of nitrogens with one attached hydrogen (secondary N) is 1. The number of hydrogen-bond acceptors (Lipinski definition) is 3. The predicted molar refractivity (Wildman–Crippen MR) is 76.0 cm³/mol. The van der Waals surface area contributed by atoms with Gasteiger partial charge in [-0.05, 0) is 64.7 Å². The van der Waals surface area contributed by atoms with E-state index in [2.05, 4.69) is 24.1 Å². The average Bonchev–Trinajstić information content (AvgIpc) is 2.37. The van der Waals surface area contributed by atoms with E-state index in [-0.39, 0.29) is 5.60 Å². The summed E-state index contributed by atoms with van der Waals surface area (Å²) < 4.78 is 5.96. The molecular formula is C15H30N2O. The van der Waals surface area contributed by atoms with Crippen LogP contribution in [0, 0.1) is 0 Å². The van der Waals surface area contributed by atoms with Gasteiger partial charge in [-0.2, -0.15) is 0 Å². The van der Waals surface area contributed by atoms with Crippen molar-refractivity contribution in [3.63, 3.8) is 0 Å². The van der Waals surface area contributed by atoms with E-state index >= 15 is 0 Å². The SMILES string of the molecule is CCN(CC)CCCNC1CCOC2(CCC2)C1. The van der Waals surface area contributed by atoms with Crippen LogP contribution >= 0.6 is 0 Å². The Morgan fingerprint density at radius 2 is 2.06 bits per heavy atom. The van der Waals surface area contributed by atoms with Crippen molar-refractivity contribution >= 4 is 0 Å². The van der Waals surface area contributed by atoms with Crippen LogP contribution in [0.5, 0.6) is 0 Å². The summed E-state index contributed by atoms with van der Waals surface area (Å²) in [7, 11) is 0. The second kappa shape index (κ2) is 6.88. The molecule has 0 radical (unpaired) electrons. The van der Waals surface area contributed by atoms with Crippen LogP contribution in [-0.2, 0) is 4.74 Å². The van der Waals surface area contributed by atoms with Crippen LogP contribution in [0.25, 0.3) is 0 Å². The second-order valence-electron chi connectivity index (χ2n) is 5.91. The zero-order valence-electron chi connectivity index (χ0n) is 12.2. The molecular weight excluding hydrogens is 224 g/mol. The van der Waals surface area contributed by atoms with Crippen molar-refractivity contribution in [3.05, 3.63) is 0 Å². The van der Waals surface area contributed by atoms with Gasteiger partial charge in [0.25, 0.3) is 0 Å². The third-order valence-corrected chi connectivity index (χ3v) is 4.74. The zero-order valence-corrected chi connectivity index (χ0v) is 12.2. The van der Waals surface area contributed by atoms with Crippen molar-refractivity contribution in [3.8, 4) is 0 Å². The maximum atomic E-state index is 5.96. The van der Waals surface area contributed by atoms with Crippen molar-refractivity contribution in [2.24, 2.45) is 0 Å². The first-order valence-corrected chi connectivity index (χ1v) is 7.88. The molecule has 3 heteroatoms. The molecule has 0 bridgehead atoms. The van der Waals surface area contributed by atoms with Crippen LogP contribution in [0.3, 0.4) is 0 Å². The van der Waals surface area contributed by atoms with Crippen LogP contribution in [-0.4, -0.2) is 49.3 Å². The first kappa shape index (κ1) is 14.3. The Morgan fingerprint density at radius 1 is 1.28 bits per heavy atom. The molecule has 0 amide bonds. The molecule has 2 rings (SSSR count). The van der Waals surface area contributed by atoms with Gasteiger partial charge in [0, 0.05) is 12.6 Å². The first-order valence-electron chi connectivity index (χ1n) is 7.88. The van der Waals surface area contributed by atoms with Crippen LogP contribution in [0.1, 0.15) is 52.4 Å². The lowest BCUT2D eigenvalue weighted by Crippen LogP contribution is -2.51. The fourth-order valence-corrected chi connectivity index (χ4v) is 3.27. The van der Waals surface area contributed by atoms with E-state index in [4.69, 9.17) is 4.74 Å². The zero-order chi connectivity index (χ0) is 12.8. The van der Waals surface area contributed by atoms with Crippen LogP contribution < -0.4 is 5.32 Å². The molecule has 1 N–H and O–H groups in total. The Hall–Kier alpha value is -0.120. The van der Waals surface area contributed by atoms with Gasteiger partial charge in [-0.1, -0.05) is 13.8 Å². The molecule has 106 valence electrons. The summed E-state index contributed by atoms with van der Waals surface area (Å²) in [5.41, 5.74) is 0.286. The van der Waals surface area contributed by atoms with Gasteiger partial charge in [-0.3, -0.25) is 0 Å². The van der Waals surface area contributed by atoms with Crippen LogP contribution in [0.2, 0.25) is 0 Å². The van der Waals surface area contributed by atoms with Gasteiger partial charge >= 0.3 is 0 Å². The summed E-state index contributed by atoms with van der Waals surface area (Å²) in [6.45, 7) is 10.2. The topological polar surface area (TPSA) is 24.5 Å². The molecule has 1 saturated carbocycles. The van der Waals surface area contributed by atoms with E-state index in [9.17, 15) is 0 Å². The van der Waals surface area contributed by atoms with Crippen molar-refractivity contribution in [2.75, 3.05) is 32.8 Å². The highest BCUT2D eigenvalue weighted by Crippen LogP contribution is 2.42. The van der Waals surface area contributed by atoms with Crippen molar-refractivity contribution in [1.82, 2.24) is 10.2 Å². The van der Waals surface area contributed by atoms with Gasteiger partial charge in [0.2, 0.25) is 0 Å². The molecule has 1 atom stereocenters. The van der Waals surface area contributed by atoms with E-state index in [1.165, 1.54) is 58.2 Å². The maximum Gasteiger partial charge on any atom is 0.0697 e. The Morgan fingerprint density at radius 3 is 2.67 bits per heavy atom. The molecule has 1 unspecified atom stereocenters. The standard InChI is InChI=1S/C15H30N2O/c1-3-17(4-2)11-6-10-16-14-7-12-18-15(13-14)8-5-9-15/h14,16H,3-13H2,1-2H3. The third kappa shape index (κ3) is 3.69. The van der Waals surface area contributed by atoms with E-state index < -0.39 is 0 Å². The molecule has 18 heavy (non-hydrogen) atoms. The van der Waals surface area contributed by atoms with Crippen molar-refractivity contribution in [2.45, 2.75) is 64.0 Å². The fourth-order valence-electron chi connectivity index (χ4n) is 3.27. The van der Waals surface area contributed by atoms with Crippen LogP contribution in [0.15, 0.2) is 0 Å². The highest BCUT2D eigenvalue weighted by Gasteiger charge is 2.42. The lowest BCUT2D eigenvalue weighted by molar-refractivity contribution is -0.135. The minimum atomic E-state index is 0.286. The van der Waals surface area contributed by atoms with E-state index in [1.54, 1.807) is 0 Å². The molecule has 1 saturated heterocycles. The minimum absolute atomic E-state index is 0.286. The molecule has 3 nitrogen and oxygen atoms in total. The average molecular weight is 254 g/mol. The summed E-state index contributed by atoms with van der Waals surface area (Å²) in [6.07, 6.45) is 7.68. The highest BCUT2D eigenvalue weighted by atomic mass is 16.5. The molecule has 0 aromatic carbocycles. The van der Waals surface area contributed by atoms with Crippen molar-refractivity contribution < 1.29 is 4.74 Å². The Labute approximate surface area is 112 Å². The molecule has 1 aliphatic carbocycles. The van der Waals surface area contributed by atoms with Crippen molar-refractivity contribution in [1.29, 1.82) is 0 Å². The van der Waals surface area contributed by atoms with E-state index in [0.29, 0.717) is 6.04 Å². The summed E-state index contributed by atoms with van der Waals surface area (Å²) in [5, 5.41) is 3.74. The summed E-state index contributed by atoms with van der Waals surface area (Å²) >= 11 is 0. The van der Waals surface area contributed by atoms with Gasteiger partial charge in [0.1, 0.15) is 0 Å². The van der Waals surface area contributed by atoms with Gasteiger partial charge < -0.3 is 15.0 Å². The molecule has 1 aliphatic heterocycles. The third-order valence-electron chi connectivity index (χ3n) is 4.74. The molecule has 0 aromatic rings. The lowest BCUT2D eigenvalue weighted by atomic mass is 9.74. The number of ether oxygens (including phenoxy) is 1.